The first-order valence-corrected chi connectivity index (χ1v) is 5.26. The second kappa shape index (κ2) is 6.87. The van der Waals surface area contributed by atoms with Gasteiger partial charge in [-0.2, -0.15) is 0 Å². The Labute approximate surface area is 91.7 Å². The maximum absolute atomic E-state index is 11.3. The molecular formula is C12H20N2O. The monoisotopic (exact) mass is 208 g/mol. The van der Waals surface area contributed by atoms with E-state index in [4.69, 9.17) is 5.73 Å². The fourth-order valence-corrected chi connectivity index (χ4v) is 0.888. The van der Waals surface area contributed by atoms with Gasteiger partial charge in [0.15, 0.2) is 0 Å². The molecule has 0 unspecified atom stereocenters. The van der Waals surface area contributed by atoms with Crippen LogP contribution in [0, 0.1) is 5.92 Å². The molecule has 15 heavy (non-hydrogen) atoms. The van der Waals surface area contributed by atoms with Crippen molar-refractivity contribution in [3.8, 4) is 0 Å². The largest absolute Gasteiger partial charge is 0.397 e. The molecule has 3 nitrogen and oxygen atoms in total. The number of nitrogens with two attached hydrogens (primary N) is 1. The van der Waals surface area contributed by atoms with Crippen molar-refractivity contribution in [3.63, 3.8) is 0 Å². The first-order valence-electron chi connectivity index (χ1n) is 5.26. The number of carbonyl (C=O) groups is 1. The average Bonchev–Trinajstić information content (AvgIpc) is 2.24. The molecule has 0 saturated heterocycles. The number of hydrogen-bond acceptors (Lipinski definition) is 2. The molecule has 1 amide bonds. The Morgan fingerprint density at radius 2 is 1.80 bits per heavy atom. The van der Waals surface area contributed by atoms with Crippen LogP contribution < -0.4 is 11.1 Å². The van der Waals surface area contributed by atoms with E-state index in [0.29, 0.717) is 11.4 Å². The molecule has 0 aromatic heterocycles. The van der Waals surface area contributed by atoms with Crippen molar-refractivity contribution in [1.29, 1.82) is 0 Å². The number of amides is 1. The lowest BCUT2D eigenvalue weighted by atomic mass is 10.2. The molecule has 1 rings (SSSR count). The second-order valence-corrected chi connectivity index (χ2v) is 3.23. The molecule has 0 radical (unpaired) electrons. The topological polar surface area (TPSA) is 55.1 Å². The van der Waals surface area contributed by atoms with Gasteiger partial charge >= 0.3 is 0 Å². The van der Waals surface area contributed by atoms with Crippen molar-refractivity contribution < 1.29 is 4.79 Å². The Morgan fingerprint density at radius 1 is 1.27 bits per heavy atom. The fourth-order valence-electron chi connectivity index (χ4n) is 0.888. The highest BCUT2D eigenvalue weighted by Gasteiger charge is 2.07. The summed E-state index contributed by atoms with van der Waals surface area (Å²) in [5.41, 5.74) is 6.93. The predicted molar refractivity (Wildman–Crippen MR) is 65.7 cm³/mol. The molecule has 0 bridgehead atoms. The summed E-state index contributed by atoms with van der Waals surface area (Å²) < 4.78 is 0. The van der Waals surface area contributed by atoms with Gasteiger partial charge in [-0.1, -0.05) is 39.8 Å². The third-order valence-electron chi connectivity index (χ3n) is 1.74. The Kier molecular flexibility index (Phi) is 6.18. The Morgan fingerprint density at radius 3 is 2.27 bits per heavy atom. The van der Waals surface area contributed by atoms with E-state index in [1.807, 2.05) is 39.8 Å². The van der Waals surface area contributed by atoms with Gasteiger partial charge < -0.3 is 11.1 Å². The third-order valence-corrected chi connectivity index (χ3v) is 1.74. The molecule has 84 valence electrons. The zero-order chi connectivity index (χ0) is 11.8. The van der Waals surface area contributed by atoms with Crippen LogP contribution in [-0.2, 0) is 4.79 Å². The molecule has 0 aliphatic heterocycles. The summed E-state index contributed by atoms with van der Waals surface area (Å²) in [6.45, 7) is 7.68. The standard InChI is InChI=1S/C10H14N2O.C2H6/c1-7(2)10(13)12-9-6-4-3-5-8(9)11;1-2/h3-7H,11H2,1-2H3,(H,12,13);1-2H3. The summed E-state index contributed by atoms with van der Waals surface area (Å²) >= 11 is 0. The molecule has 0 aliphatic rings. The SMILES string of the molecule is CC.CC(C)C(=O)Nc1ccccc1N. The van der Waals surface area contributed by atoms with E-state index in [2.05, 4.69) is 5.32 Å². The molecular weight excluding hydrogens is 188 g/mol. The minimum absolute atomic E-state index is 0.0158. The van der Waals surface area contributed by atoms with Crippen molar-refractivity contribution in [2.75, 3.05) is 11.1 Å². The predicted octanol–water partition coefficient (Wildman–Crippen LogP) is 2.89. The van der Waals surface area contributed by atoms with Gasteiger partial charge in [-0.3, -0.25) is 4.79 Å². The van der Waals surface area contributed by atoms with Crippen molar-refractivity contribution in [3.05, 3.63) is 24.3 Å². The maximum atomic E-state index is 11.3. The highest BCUT2D eigenvalue weighted by Crippen LogP contribution is 2.17. The molecule has 0 saturated carbocycles. The summed E-state index contributed by atoms with van der Waals surface area (Å²) in [6, 6.07) is 7.22. The summed E-state index contributed by atoms with van der Waals surface area (Å²) in [4.78, 5) is 11.3. The van der Waals surface area contributed by atoms with E-state index < -0.39 is 0 Å². The molecule has 0 spiro atoms. The minimum Gasteiger partial charge on any atom is -0.397 e. The molecule has 0 fully saturated rings. The number of rotatable bonds is 2. The van der Waals surface area contributed by atoms with E-state index in [0.717, 1.165) is 0 Å². The number of nitrogens with one attached hydrogen (secondary N) is 1. The summed E-state index contributed by atoms with van der Waals surface area (Å²) in [5, 5.41) is 2.75. The van der Waals surface area contributed by atoms with Crippen LogP contribution >= 0.6 is 0 Å². The normalized spacial score (nSPS) is 9.13. The molecule has 3 heteroatoms. The average molecular weight is 208 g/mol. The van der Waals surface area contributed by atoms with E-state index >= 15 is 0 Å². The van der Waals surface area contributed by atoms with Gasteiger partial charge in [0, 0.05) is 5.92 Å². The van der Waals surface area contributed by atoms with Crippen LogP contribution in [0.2, 0.25) is 0 Å². The van der Waals surface area contributed by atoms with E-state index in [-0.39, 0.29) is 11.8 Å². The Bertz CT molecular complexity index is 308. The van der Waals surface area contributed by atoms with Crippen LogP contribution in [0.1, 0.15) is 27.7 Å². The van der Waals surface area contributed by atoms with Gasteiger partial charge in [-0.25, -0.2) is 0 Å². The zero-order valence-corrected chi connectivity index (χ0v) is 9.87. The number of benzene rings is 1. The van der Waals surface area contributed by atoms with Crippen LogP contribution in [0.5, 0.6) is 0 Å². The van der Waals surface area contributed by atoms with Crippen LogP contribution in [-0.4, -0.2) is 5.91 Å². The van der Waals surface area contributed by atoms with Crippen molar-refractivity contribution in [2.24, 2.45) is 5.92 Å². The highest BCUT2D eigenvalue weighted by atomic mass is 16.1. The van der Waals surface area contributed by atoms with Gasteiger partial charge in [-0.05, 0) is 12.1 Å². The van der Waals surface area contributed by atoms with E-state index in [1.165, 1.54) is 0 Å². The van der Waals surface area contributed by atoms with Crippen LogP contribution in [0.4, 0.5) is 11.4 Å². The highest BCUT2D eigenvalue weighted by molar-refractivity contribution is 5.94. The lowest BCUT2D eigenvalue weighted by Crippen LogP contribution is -2.18. The van der Waals surface area contributed by atoms with Gasteiger partial charge in [-0.15, -0.1) is 0 Å². The van der Waals surface area contributed by atoms with E-state index in [9.17, 15) is 4.79 Å². The van der Waals surface area contributed by atoms with Crippen LogP contribution in [0.25, 0.3) is 0 Å². The quantitative estimate of drug-likeness (QED) is 0.734. The van der Waals surface area contributed by atoms with Gasteiger partial charge in [0.25, 0.3) is 0 Å². The van der Waals surface area contributed by atoms with Crippen LogP contribution in [0.15, 0.2) is 24.3 Å². The zero-order valence-electron chi connectivity index (χ0n) is 9.87. The van der Waals surface area contributed by atoms with Crippen LogP contribution in [0.3, 0.4) is 0 Å². The van der Waals surface area contributed by atoms with Gasteiger partial charge in [0.1, 0.15) is 0 Å². The number of para-hydroxylation sites is 2. The fraction of sp³-hybridized carbons (Fsp3) is 0.417. The van der Waals surface area contributed by atoms with Crippen molar-refractivity contribution in [2.45, 2.75) is 27.7 Å². The molecule has 0 aliphatic carbocycles. The first-order chi connectivity index (χ1) is 7.11. The second-order valence-electron chi connectivity index (χ2n) is 3.23. The number of nitrogen functional groups attached to an aromatic ring is 1. The molecule has 1 aromatic carbocycles. The van der Waals surface area contributed by atoms with Gasteiger partial charge in [0.2, 0.25) is 5.91 Å². The summed E-state index contributed by atoms with van der Waals surface area (Å²) in [7, 11) is 0. The van der Waals surface area contributed by atoms with Crippen molar-refractivity contribution >= 4 is 17.3 Å². The van der Waals surface area contributed by atoms with Crippen molar-refractivity contribution in [1.82, 2.24) is 0 Å². The molecule has 0 heterocycles. The number of anilines is 2. The minimum atomic E-state index is -0.0281. The molecule has 0 atom stereocenters. The van der Waals surface area contributed by atoms with Gasteiger partial charge in [0.05, 0.1) is 11.4 Å². The molecule has 1 aromatic rings. The number of hydrogen-bond donors (Lipinski definition) is 2. The Balaban J connectivity index is 0.000000921. The summed E-state index contributed by atoms with van der Waals surface area (Å²) in [6.07, 6.45) is 0. The third kappa shape index (κ3) is 4.49. The number of carbonyl (C=O) groups excluding carboxylic acids is 1. The first kappa shape index (κ1) is 13.5. The lowest BCUT2D eigenvalue weighted by molar-refractivity contribution is -0.118. The summed E-state index contributed by atoms with van der Waals surface area (Å²) in [5.74, 6) is -0.0440. The Hall–Kier alpha value is -1.51. The lowest BCUT2D eigenvalue weighted by Gasteiger charge is -2.09. The smallest absolute Gasteiger partial charge is 0.226 e. The molecule has 3 N–H and O–H groups in total. The maximum Gasteiger partial charge on any atom is 0.226 e. The van der Waals surface area contributed by atoms with E-state index in [1.54, 1.807) is 12.1 Å².